The molecule has 19 heavy (non-hydrogen) atoms. The molecule has 0 saturated heterocycles. The molecular weight excluding hydrogens is 236 g/mol. The molecule has 0 fully saturated rings. The zero-order valence-corrected chi connectivity index (χ0v) is 12.3. The highest BCUT2D eigenvalue weighted by molar-refractivity contribution is 5.75. The van der Waals surface area contributed by atoms with Gasteiger partial charge in [0.2, 0.25) is 5.91 Å². The van der Waals surface area contributed by atoms with E-state index in [9.17, 15) is 4.79 Å². The minimum Gasteiger partial charge on any atom is -0.359 e. The van der Waals surface area contributed by atoms with Crippen LogP contribution in [0, 0.1) is 0 Å². The van der Waals surface area contributed by atoms with E-state index in [1.807, 2.05) is 6.07 Å². The Balaban J connectivity index is 2.22. The first-order chi connectivity index (χ1) is 9.03. The summed E-state index contributed by atoms with van der Waals surface area (Å²) < 4.78 is 0. The molecule has 1 aromatic rings. The SMILES string of the molecule is CNC(=O)CCCNC(C)(C)CCc1ccccc1. The molecule has 0 aliphatic rings. The molecule has 3 heteroatoms. The van der Waals surface area contributed by atoms with Crippen molar-refractivity contribution in [1.82, 2.24) is 10.6 Å². The molecule has 0 radical (unpaired) electrons. The van der Waals surface area contributed by atoms with Crippen molar-refractivity contribution < 1.29 is 4.79 Å². The molecule has 0 aliphatic heterocycles. The second-order valence-electron chi connectivity index (χ2n) is 5.57. The maximum atomic E-state index is 11.1. The molecule has 1 rings (SSSR count). The standard InChI is InChI=1S/C16H26N2O/c1-16(2,18-13-7-10-15(19)17-3)12-11-14-8-5-4-6-9-14/h4-6,8-9,18H,7,10-13H2,1-3H3,(H,17,19). The van der Waals surface area contributed by atoms with Gasteiger partial charge in [0.05, 0.1) is 0 Å². The summed E-state index contributed by atoms with van der Waals surface area (Å²) in [4.78, 5) is 11.1. The molecule has 0 saturated carbocycles. The van der Waals surface area contributed by atoms with Gasteiger partial charge in [0.1, 0.15) is 0 Å². The number of benzene rings is 1. The van der Waals surface area contributed by atoms with Gasteiger partial charge in [-0.05, 0) is 45.2 Å². The van der Waals surface area contributed by atoms with Crippen molar-refractivity contribution in [2.45, 2.75) is 45.1 Å². The summed E-state index contributed by atoms with van der Waals surface area (Å²) in [6.07, 6.45) is 3.65. The van der Waals surface area contributed by atoms with Gasteiger partial charge in [-0.25, -0.2) is 0 Å². The van der Waals surface area contributed by atoms with Crippen LogP contribution in [0.3, 0.4) is 0 Å². The van der Waals surface area contributed by atoms with Crippen LogP contribution in [0.1, 0.15) is 38.7 Å². The highest BCUT2D eigenvalue weighted by Crippen LogP contribution is 2.13. The van der Waals surface area contributed by atoms with E-state index >= 15 is 0 Å². The Labute approximate surface area is 116 Å². The number of carbonyl (C=O) groups excluding carboxylic acids is 1. The lowest BCUT2D eigenvalue weighted by Crippen LogP contribution is -2.40. The maximum Gasteiger partial charge on any atom is 0.219 e. The second-order valence-corrected chi connectivity index (χ2v) is 5.57. The number of hydrogen-bond acceptors (Lipinski definition) is 2. The summed E-state index contributed by atoms with van der Waals surface area (Å²) in [6.45, 7) is 5.32. The van der Waals surface area contributed by atoms with Gasteiger partial charge in [0.25, 0.3) is 0 Å². The fourth-order valence-electron chi connectivity index (χ4n) is 1.99. The zero-order valence-electron chi connectivity index (χ0n) is 12.3. The molecule has 0 heterocycles. The molecule has 1 amide bonds. The molecule has 0 aromatic heterocycles. The Bertz CT molecular complexity index is 374. The minimum atomic E-state index is 0.110. The fraction of sp³-hybridized carbons (Fsp3) is 0.562. The molecule has 106 valence electrons. The van der Waals surface area contributed by atoms with Crippen molar-refractivity contribution in [3.8, 4) is 0 Å². The third kappa shape index (κ3) is 6.97. The first kappa shape index (κ1) is 15.7. The second kappa shape index (κ2) is 7.95. The van der Waals surface area contributed by atoms with E-state index in [1.54, 1.807) is 7.05 Å². The van der Waals surface area contributed by atoms with Crippen LogP contribution in [0.5, 0.6) is 0 Å². The first-order valence-electron chi connectivity index (χ1n) is 7.03. The van der Waals surface area contributed by atoms with Crippen molar-refractivity contribution in [2.24, 2.45) is 0 Å². The summed E-state index contributed by atoms with van der Waals surface area (Å²) in [7, 11) is 1.68. The molecule has 0 spiro atoms. The lowest BCUT2D eigenvalue weighted by molar-refractivity contribution is -0.120. The van der Waals surface area contributed by atoms with Crippen molar-refractivity contribution in [3.63, 3.8) is 0 Å². The number of amides is 1. The van der Waals surface area contributed by atoms with E-state index in [-0.39, 0.29) is 11.4 Å². The molecule has 2 N–H and O–H groups in total. The number of rotatable bonds is 8. The topological polar surface area (TPSA) is 41.1 Å². The highest BCUT2D eigenvalue weighted by atomic mass is 16.1. The average molecular weight is 262 g/mol. The third-order valence-corrected chi connectivity index (χ3v) is 3.34. The van der Waals surface area contributed by atoms with E-state index < -0.39 is 0 Å². The normalized spacial score (nSPS) is 11.3. The largest absolute Gasteiger partial charge is 0.359 e. The van der Waals surface area contributed by atoms with Crippen LogP contribution in [0.4, 0.5) is 0 Å². The predicted molar refractivity (Wildman–Crippen MR) is 80.1 cm³/mol. The van der Waals surface area contributed by atoms with Crippen molar-refractivity contribution in [3.05, 3.63) is 35.9 Å². The Morgan fingerprint density at radius 3 is 2.53 bits per heavy atom. The molecule has 0 aliphatic carbocycles. The number of nitrogens with one attached hydrogen (secondary N) is 2. The van der Waals surface area contributed by atoms with Crippen molar-refractivity contribution >= 4 is 5.91 Å². The molecule has 0 atom stereocenters. The van der Waals surface area contributed by atoms with Gasteiger partial charge in [0, 0.05) is 19.0 Å². The van der Waals surface area contributed by atoms with Gasteiger partial charge in [-0.3, -0.25) is 4.79 Å². The summed E-state index contributed by atoms with van der Waals surface area (Å²) in [5.41, 5.74) is 1.49. The summed E-state index contributed by atoms with van der Waals surface area (Å²) in [6, 6.07) is 10.5. The maximum absolute atomic E-state index is 11.1. The van der Waals surface area contributed by atoms with Crippen LogP contribution >= 0.6 is 0 Å². The lowest BCUT2D eigenvalue weighted by Gasteiger charge is -2.26. The summed E-state index contributed by atoms with van der Waals surface area (Å²) in [5, 5.41) is 6.17. The third-order valence-electron chi connectivity index (χ3n) is 3.34. The van der Waals surface area contributed by atoms with Gasteiger partial charge >= 0.3 is 0 Å². The van der Waals surface area contributed by atoms with Gasteiger partial charge < -0.3 is 10.6 Å². The highest BCUT2D eigenvalue weighted by Gasteiger charge is 2.16. The van der Waals surface area contributed by atoms with E-state index in [4.69, 9.17) is 0 Å². The number of hydrogen-bond donors (Lipinski definition) is 2. The zero-order chi connectivity index (χ0) is 14.1. The van der Waals surface area contributed by atoms with Crippen molar-refractivity contribution in [1.29, 1.82) is 0 Å². The number of aryl methyl sites for hydroxylation is 1. The predicted octanol–water partition coefficient (Wildman–Crippen LogP) is 2.51. The van der Waals surface area contributed by atoms with Gasteiger partial charge in [-0.2, -0.15) is 0 Å². The number of carbonyl (C=O) groups is 1. The minimum absolute atomic E-state index is 0.110. The van der Waals surface area contributed by atoms with Crippen LogP contribution in [0.15, 0.2) is 30.3 Å². The van der Waals surface area contributed by atoms with Gasteiger partial charge in [-0.15, -0.1) is 0 Å². The van der Waals surface area contributed by atoms with Gasteiger partial charge in [0.15, 0.2) is 0 Å². The monoisotopic (exact) mass is 262 g/mol. The van der Waals surface area contributed by atoms with Crippen LogP contribution in [-0.2, 0) is 11.2 Å². The van der Waals surface area contributed by atoms with Crippen LogP contribution in [-0.4, -0.2) is 25.0 Å². The molecule has 0 bridgehead atoms. The Morgan fingerprint density at radius 1 is 1.21 bits per heavy atom. The van der Waals surface area contributed by atoms with Crippen molar-refractivity contribution in [2.75, 3.05) is 13.6 Å². The van der Waals surface area contributed by atoms with E-state index in [0.717, 1.165) is 25.8 Å². The quantitative estimate of drug-likeness (QED) is 0.707. The Morgan fingerprint density at radius 2 is 1.89 bits per heavy atom. The average Bonchev–Trinajstić information content (AvgIpc) is 2.42. The summed E-state index contributed by atoms with van der Waals surface area (Å²) >= 11 is 0. The van der Waals surface area contributed by atoms with Crippen LogP contribution in [0.2, 0.25) is 0 Å². The van der Waals surface area contributed by atoms with E-state index in [1.165, 1.54) is 5.56 Å². The Kier molecular flexibility index (Phi) is 6.57. The van der Waals surface area contributed by atoms with Gasteiger partial charge in [-0.1, -0.05) is 30.3 Å². The van der Waals surface area contributed by atoms with E-state index in [0.29, 0.717) is 6.42 Å². The Hall–Kier alpha value is -1.35. The molecule has 3 nitrogen and oxygen atoms in total. The smallest absolute Gasteiger partial charge is 0.219 e. The van der Waals surface area contributed by atoms with Crippen LogP contribution in [0.25, 0.3) is 0 Å². The van der Waals surface area contributed by atoms with Crippen LogP contribution < -0.4 is 10.6 Å². The summed E-state index contributed by atoms with van der Waals surface area (Å²) in [5.74, 6) is 0.115. The molecule has 1 aromatic carbocycles. The first-order valence-corrected chi connectivity index (χ1v) is 7.03. The van der Waals surface area contributed by atoms with E-state index in [2.05, 4.69) is 48.7 Å². The molecule has 0 unspecified atom stereocenters. The lowest BCUT2D eigenvalue weighted by atomic mass is 9.95. The fourth-order valence-corrected chi connectivity index (χ4v) is 1.99. The molecular formula is C16H26N2O.